The van der Waals surface area contributed by atoms with Gasteiger partial charge < -0.3 is 35.6 Å². The average molecular weight is 717 g/mol. The van der Waals surface area contributed by atoms with Gasteiger partial charge in [-0.15, -0.1) is 0 Å². The number of hydrogen-bond acceptors (Lipinski definition) is 9. The second kappa shape index (κ2) is 11.4. The molecule has 1 aromatic heterocycles. The molecule has 2 heterocycles. The van der Waals surface area contributed by atoms with Gasteiger partial charge in [-0.2, -0.15) is 31.4 Å². The number of nitrogens with one attached hydrogen (secondary N) is 2. The third kappa shape index (κ3) is 8.20. The summed E-state index contributed by atoms with van der Waals surface area (Å²) in [5.41, 5.74) is -1.06. The molecule has 0 spiro atoms. The summed E-state index contributed by atoms with van der Waals surface area (Å²) in [7, 11) is -5.38. The van der Waals surface area contributed by atoms with Crippen LogP contribution in [0.5, 0.6) is 0 Å². The van der Waals surface area contributed by atoms with Gasteiger partial charge in [0, 0.05) is 57.7 Å². The van der Waals surface area contributed by atoms with Gasteiger partial charge in [-0.05, 0) is 47.0 Å². The van der Waals surface area contributed by atoms with Gasteiger partial charge in [0.15, 0.2) is 5.79 Å². The van der Waals surface area contributed by atoms with Crippen LogP contribution in [-0.4, -0.2) is 59.4 Å². The third-order valence-electron chi connectivity index (χ3n) is 4.94. The number of ether oxygens (including phenoxy) is 3. The van der Waals surface area contributed by atoms with Crippen LogP contribution < -0.4 is 10.0 Å². The van der Waals surface area contributed by atoms with E-state index >= 15 is 0 Å². The monoisotopic (exact) mass is 716 g/mol. The zero-order valence-electron chi connectivity index (χ0n) is 19.3. The van der Waals surface area contributed by atoms with E-state index in [4.69, 9.17) is 25.8 Å². The predicted octanol–water partition coefficient (Wildman–Crippen LogP) is 2.88. The average Bonchev–Trinajstić information content (AvgIpc) is 3.07. The maximum Gasteiger partial charge on any atom is 0.421 e. The number of nitrogens with zero attached hydrogens (tertiary/aromatic N) is 2. The van der Waals surface area contributed by atoms with Crippen LogP contribution in [0.3, 0.4) is 0 Å². The van der Waals surface area contributed by atoms with Gasteiger partial charge in [-0.25, -0.2) is 17.9 Å². The van der Waals surface area contributed by atoms with Crippen molar-refractivity contribution in [2.24, 2.45) is 5.92 Å². The molecule has 10 nitrogen and oxygen atoms in total. The van der Waals surface area contributed by atoms with E-state index in [1.54, 1.807) is 13.8 Å². The summed E-state index contributed by atoms with van der Waals surface area (Å²) < 4.78 is 72.1. The number of carbonyl (C=O) groups is 1. The summed E-state index contributed by atoms with van der Waals surface area (Å²) in [6.45, 7) is 7.67. The van der Waals surface area contributed by atoms with Crippen LogP contribution in [0.2, 0.25) is 5.15 Å². The molecule has 1 aliphatic heterocycles. The van der Waals surface area contributed by atoms with Crippen molar-refractivity contribution < 1.29 is 75.2 Å². The molecule has 1 saturated carbocycles. The topological polar surface area (TPSA) is 129 Å². The number of fused-ring (bicyclic) bond motifs is 1. The van der Waals surface area contributed by atoms with Crippen molar-refractivity contribution in [2.45, 2.75) is 82.4 Å². The fraction of sp³-hybridized carbons (Fsp3) is 0.737. The van der Waals surface area contributed by atoms with Crippen molar-refractivity contribution in [1.29, 1.82) is 0 Å². The molecule has 2 radical (unpaired) electrons. The van der Waals surface area contributed by atoms with Crippen LogP contribution in [0.4, 0.5) is 19.4 Å². The summed E-state index contributed by atoms with van der Waals surface area (Å²) in [5.74, 6) is -1.82. The van der Waals surface area contributed by atoms with Gasteiger partial charge in [0.05, 0.1) is 6.10 Å². The van der Waals surface area contributed by atoms with Crippen molar-refractivity contribution in [3.05, 3.63) is 17.5 Å². The Bertz CT molecular complexity index is 1020. The molecule has 1 aliphatic carbocycles. The molecule has 2 N–H and O–H groups in total. The third-order valence-corrected chi connectivity index (χ3v) is 6.51. The summed E-state index contributed by atoms with van der Waals surface area (Å²) in [4.78, 5) is 19.3. The zero-order valence-corrected chi connectivity index (χ0v) is 24.1. The molecule has 0 unspecified atom stereocenters. The quantitative estimate of drug-likeness (QED) is 0.260. The molecule has 2 aliphatic rings. The molecule has 35 heavy (non-hydrogen) atoms. The van der Waals surface area contributed by atoms with E-state index in [0.29, 0.717) is 0 Å². The molecular formula is C19H25ClF2N4O6Rh2S-2. The summed E-state index contributed by atoms with van der Waals surface area (Å²) >= 11 is 5.79. The number of carbonyl (C=O) groups excluding carboxylic acids is 1. The van der Waals surface area contributed by atoms with E-state index < -0.39 is 63.3 Å². The molecule has 204 valence electrons. The van der Waals surface area contributed by atoms with E-state index in [1.165, 1.54) is 25.5 Å². The number of anilines is 1. The first-order valence-electron chi connectivity index (χ1n) is 10.1. The predicted molar refractivity (Wildman–Crippen MR) is 112 cm³/mol. The second-order valence-electron chi connectivity index (χ2n) is 9.35. The molecule has 0 aromatic carbocycles. The van der Waals surface area contributed by atoms with Crippen molar-refractivity contribution in [1.82, 2.24) is 14.7 Å². The van der Waals surface area contributed by atoms with Crippen LogP contribution in [0.15, 0.2) is 0 Å². The molecule has 2 fully saturated rings. The fourth-order valence-electron chi connectivity index (χ4n) is 3.84. The molecular weight excluding hydrogens is 692 g/mol. The minimum absolute atomic E-state index is 0. The van der Waals surface area contributed by atoms with Crippen LogP contribution in [0.25, 0.3) is 0 Å². The first kappa shape index (κ1) is 32.4. The maximum atomic E-state index is 14.9. The molecule has 1 saturated heterocycles. The van der Waals surface area contributed by atoms with Gasteiger partial charge in [0.25, 0.3) is 0 Å². The fourth-order valence-corrected chi connectivity index (χ4v) is 4.81. The van der Waals surface area contributed by atoms with Gasteiger partial charge in [-0.3, -0.25) is 0 Å². The standard InChI is InChI=1S/C19H25ClF2N4O6S.2Rh/c1-17(2,3)32-16(27)26-33(28,29)19(21,22)8-10-6-11(15-14(10)30-18(4,5)31-15)25-13-7-12(20)23-9-24-13;;/h10-11,14-15H,6,8H2,1-5H3,(H,26,27)(H,23,24,25);;/q-2;;/t10-,11-,14-,15+;;/m1../s1. The number of sulfonamides is 1. The van der Waals surface area contributed by atoms with E-state index in [0.717, 1.165) is 0 Å². The van der Waals surface area contributed by atoms with Crippen molar-refractivity contribution in [3.63, 3.8) is 0 Å². The summed E-state index contributed by atoms with van der Waals surface area (Å²) in [6.07, 6.45) is -1.70. The number of halogens is 3. The number of rotatable bonds is 6. The normalized spacial score (nSPS) is 25.6. The smallest absolute Gasteiger partial charge is 0.421 e. The van der Waals surface area contributed by atoms with Gasteiger partial charge >= 0.3 is 21.4 Å². The number of hydrogen-bond donors (Lipinski definition) is 2. The maximum absolute atomic E-state index is 14.9. The Morgan fingerprint density at radius 3 is 2.40 bits per heavy atom. The number of alkyl halides is 2. The summed E-state index contributed by atoms with van der Waals surface area (Å²) in [5, 5.41) is -1.29. The van der Waals surface area contributed by atoms with E-state index in [-0.39, 0.29) is 56.3 Å². The van der Waals surface area contributed by atoms with Gasteiger partial charge in [-0.1, -0.05) is 0 Å². The largest absolute Gasteiger partial charge is 0.533 e. The molecule has 0 bridgehead atoms. The van der Waals surface area contributed by atoms with E-state index in [1.807, 2.05) is 0 Å². The van der Waals surface area contributed by atoms with Crippen LogP contribution in [0, 0.1) is 18.3 Å². The molecule has 4 atom stereocenters. The first-order chi connectivity index (χ1) is 15.0. The van der Waals surface area contributed by atoms with Gasteiger partial charge in [0.2, 0.25) is 0 Å². The van der Waals surface area contributed by atoms with E-state index in [2.05, 4.69) is 27.7 Å². The minimum Gasteiger partial charge on any atom is -0.533 e. The Kier molecular flexibility index (Phi) is 10.6. The van der Waals surface area contributed by atoms with Crippen molar-refractivity contribution in [3.8, 4) is 0 Å². The Hall–Kier alpha value is -0.583. The molecule has 3 rings (SSSR count). The Morgan fingerprint density at radius 1 is 1.23 bits per heavy atom. The summed E-state index contributed by atoms with van der Waals surface area (Å²) in [6, 6.07) is 2.10. The number of amides is 1. The molecule has 1 amide bonds. The minimum atomic E-state index is -5.38. The van der Waals surface area contributed by atoms with E-state index in [9.17, 15) is 22.0 Å². The SMILES string of the molecule is CC(C)(C)OC(=O)NS(=O)(=O)C(F)(F)C[C@H]1C[C@@H](Nc2[c-]c(Cl)n[c-]n2)[C@@H]2OC(C)(C)O[C@H]12.[Rh].[Rh]. The molecule has 1 aromatic rings. The van der Waals surface area contributed by atoms with Crippen molar-refractivity contribution in [2.75, 3.05) is 5.32 Å². The first-order valence-corrected chi connectivity index (χ1v) is 11.9. The Labute approximate surface area is 233 Å². The Morgan fingerprint density at radius 2 is 1.83 bits per heavy atom. The zero-order chi connectivity index (χ0) is 24.8. The van der Waals surface area contributed by atoms with Crippen molar-refractivity contribution >= 4 is 33.5 Å². The van der Waals surface area contributed by atoms with Crippen LogP contribution >= 0.6 is 11.6 Å². The Balaban J connectivity index is 0.00000306. The van der Waals surface area contributed by atoms with Gasteiger partial charge in [0.1, 0.15) is 11.7 Å². The number of aromatic nitrogens is 2. The second-order valence-corrected chi connectivity index (χ2v) is 11.5. The van der Waals surface area contributed by atoms with Crippen LogP contribution in [0.1, 0.15) is 47.5 Å². The van der Waals surface area contributed by atoms with Crippen LogP contribution in [-0.2, 0) is 63.2 Å². The molecule has 16 heteroatoms.